The minimum absolute atomic E-state index is 0.514. The fraction of sp³-hybridized carbons (Fsp3) is 0.636. The molecule has 0 aliphatic carbocycles. The van der Waals surface area contributed by atoms with Crippen molar-refractivity contribution in [3.05, 3.63) is 24.3 Å². The maximum Gasteiger partial charge on any atom is 0.0689 e. The van der Waals surface area contributed by atoms with E-state index in [1.807, 2.05) is 6.08 Å². The predicted molar refractivity (Wildman–Crippen MR) is 55.8 cm³/mol. The van der Waals surface area contributed by atoms with Crippen molar-refractivity contribution in [2.75, 3.05) is 19.8 Å². The molecule has 2 heteroatoms. The summed E-state index contributed by atoms with van der Waals surface area (Å²) in [5.41, 5.74) is 1.38. The molecular formula is C11H19NO. The lowest BCUT2D eigenvalue weighted by Crippen LogP contribution is -2.29. The molecule has 1 rings (SSSR count). The molecule has 0 saturated heterocycles. The van der Waals surface area contributed by atoms with E-state index >= 15 is 0 Å². The molecule has 0 saturated carbocycles. The van der Waals surface area contributed by atoms with Gasteiger partial charge in [0.25, 0.3) is 0 Å². The average molecular weight is 181 g/mol. The van der Waals surface area contributed by atoms with Crippen molar-refractivity contribution in [2.24, 2.45) is 0 Å². The Hall–Kier alpha value is -0.600. The van der Waals surface area contributed by atoms with E-state index in [0.717, 1.165) is 32.6 Å². The molecule has 1 aliphatic rings. The summed E-state index contributed by atoms with van der Waals surface area (Å²) >= 11 is 0. The van der Waals surface area contributed by atoms with Crippen molar-refractivity contribution in [1.29, 1.82) is 0 Å². The van der Waals surface area contributed by atoms with Crippen LogP contribution in [0.2, 0.25) is 0 Å². The van der Waals surface area contributed by atoms with Gasteiger partial charge in [-0.05, 0) is 25.3 Å². The zero-order valence-corrected chi connectivity index (χ0v) is 8.38. The summed E-state index contributed by atoms with van der Waals surface area (Å²) in [7, 11) is 0. The second kappa shape index (κ2) is 5.95. The minimum Gasteiger partial charge on any atom is -0.377 e. The Labute approximate surface area is 80.7 Å². The van der Waals surface area contributed by atoms with E-state index in [4.69, 9.17) is 4.74 Å². The van der Waals surface area contributed by atoms with E-state index in [-0.39, 0.29) is 0 Å². The van der Waals surface area contributed by atoms with E-state index in [1.54, 1.807) is 0 Å². The zero-order chi connectivity index (χ0) is 9.52. The van der Waals surface area contributed by atoms with Crippen LogP contribution in [0.5, 0.6) is 0 Å². The van der Waals surface area contributed by atoms with Gasteiger partial charge in [-0.25, -0.2) is 0 Å². The second-order valence-electron chi connectivity index (χ2n) is 3.51. The van der Waals surface area contributed by atoms with Gasteiger partial charge < -0.3 is 10.1 Å². The third kappa shape index (κ3) is 4.25. The third-order valence-electron chi connectivity index (χ3n) is 2.18. The summed E-state index contributed by atoms with van der Waals surface area (Å²) in [5.74, 6) is 0. The fourth-order valence-corrected chi connectivity index (χ4v) is 1.37. The molecule has 0 bridgehead atoms. The highest BCUT2D eigenvalue weighted by atomic mass is 16.5. The maximum atomic E-state index is 5.35. The summed E-state index contributed by atoms with van der Waals surface area (Å²) in [5, 5.41) is 3.43. The normalized spacial score (nSPS) is 19.3. The smallest absolute Gasteiger partial charge is 0.0689 e. The van der Waals surface area contributed by atoms with Crippen molar-refractivity contribution in [1.82, 2.24) is 5.32 Å². The van der Waals surface area contributed by atoms with Crippen LogP contribution in [-0.4, -0.2) is 25.8 Å². The van der Waals surface area contributed by atoms with Crippen molar-refractivity contribution >= 4 is 0 Å². The number of hydrogen-bond donors (Lipinski definition) is 1. The van der Waals surface area contributed by atoms with Gasteiger partial charge in [0.15, 0.2) is 0 Å². The fourth-order valence-electron chi connectivity index (χ4n) is 1.37. The predicted octanol–water partition coefficient (Wildman–Crippen LogP) is 1.89. The number of ether oxygens (including phenoxy) is 1. The number of nitrogens with one attached hydrogen (secondary N) is 1. The van der Waals surface area contributed by atoms with Crippen LogP contribution in [0.15, 0.2) is 24.3 Å². The Kier molecular flexibility index (Phi) is 4.79. The highest BCUT2D eigenvalue weighted by molar-refractivity contribution is 5.07. The van der Waals surface area contributed by atoms with Gasteiger partial charge in [-0.3, -0.25) is 0 Å². The van der Waals surface area contributed by atoms with Gasteiger partial charge in [-0.1, -0.05) is 12.2 Å². The maximum absolute atomic E-state index is 5.35. The van der Waals surface area contributed by atoms with Crippen LogP contribution in [0.1, 0.15) is 19.8 Å². The molecule has 0 fully saturated rings. The van der Waals surface area contributed by atoms with Crippen LogP contribution in [0.25, 0.3) is 0 Å². The van der Waals surface area contributed by atoms with Gasteiger partial charge >= 0.3 is 0 Å². The molecule has 2 nitrogen and oxygen atoms in total. The van der Waals surface area contributed by atoms with Gasteiger partial charge in [0.05, 0.1) is 13.2 Å². The lowest BCUT2D eigenvalue weighted by Gasteiger charge is -2.17. The van der Waals surface area contributed by atoms with Crippen molar-refractivity contribution < 1.29 is 4.74 Å². The van der Waals surface area contributed by atoms with Crippen LogP contribution >= 0.6 is 0 Å². The Balaban J connectivity index is 2.17. The molecule has 0 aromatic rings. The molecule has 0 amide bonds. The molecule has 0 spiro atoms. The van der Waals surface area contributed by atoms with Gasteiger partial charge in [-0.15, -0.1) is 6.58 Å². The first-order valence-electron chi connectivity index (χ1n) is 4.93. The largest absolute Gasteiger partial charge is 0.377 e. The van der Waals surface area contributed by atoms with Crippen LogP contribution in [0.4, 0.5) is 0 Å². The molecule has 1 N–H and O–H groups in total. The highest BCUT2D eigenvalue weighted by Crippen LogP contribution is 2.04. The number of hydrogen-bond acceptors (Lipinski definition) is 2. The molecule has 13 heavy (non-hydrogen) atoms. The van der Waals surface area contributed by atoms with E-state index in [2.05, 4.69) is 24.9 Å². The van der Waals surface area contributed by atoms with Crippen LogP contribution in [0, 0.1) is 0 Å². The Morgan fingerprint density at radius 3 is 3.23 bits per heavy atom. The van der Waals surface area contributed by atoms with E-state index < -0.39 is 0 Å². The second-order valence-corrected chi connectivity index (χ2v) is 3.51. The first kappa shape index (κ1) is 10.5. The van der Waals surface area contributed by atoms with Crippen LogP contribution in [-0.2, 0) is 4.74 Å². The van der Waals surface area contributed by atoms with E-state index in [9.17, 15) is 0 Å². The molecule has 0 aromatic heterocycles. The molecule has 74 valence electrons. The minimum atomic E-state index is 0.514. The Morgan fingerprint density at radius 2 is 2.62 bits per heavy atom. The quantitative estimate of drug-likeness (QED) is 0.654. The monoisotopic (exact) mass is 181 g/mol. The molecular weight excluding hydrogens is 162 g/mol. The van der Waals surface area contributed by atoms with Crippen molar-refractivity contribution in [3.8, 4) is 0 Å². The third-order valence-corrected chi connectivity index (χ3v) is 2.18. The lowest BCUT2D eigenvalue weighted by atomic mass is 10.1. The Morgan fingerprint density at radius 1 is 1.77 bits per heavy atom. The summed E-state index contributed by atoms with van der Waals surface area (Å²) in [6.07, 6.45) is 6.31. The molecule has 0 aromatic carbocycles. The average Bonchev–Trinajstić information content (AvgIpc) is 2.17. The molecule has 1 unspecified atom stereocenters. The molecule has 1 heterocycles. The first-order chi connectivity index (χ1) is 6.33. The standard InChI is InChI=1S/C11H19NO/c1-3-5-10(2)12-8-11-6-4-7-13-9-11/h3,6,10,12H,1,4-5,7-9H2,2H3. The van der Waals surface area contributed by atoms with Gasteiger partial charge in [-0.2, -0.15) is 0 Å². The molecule has 1 atom stereocenters. The topological polar surface area (TPSA) is 21.3 Å². The highest BCUT2D eigenvalue weighted by Gasteiger charge is 2.04. The van der Waals surface area contributed by atoms with Gasteiger partial charge in [0, 0.05) is 12.6 Å². The van der Waals surface area contributed by atoms with Gasteiger partial charge in [0.1, 0.15) is 0 Å². The summed E-state index contributed by atoms with van der Waals surface area (Å²) in [6.45, 7) is 8.52. The van der Waals surface area contributed by atoms with Crippen LogP contribution in [0.3, 0.4) is 0 Å². The molecule has 1 aliphatic heterocycles. The summed E-state index contributed by atoms with van der Waals surface area (Å²) in [4.78, 5) is 0. The number of rotatable bonds is 5. The van der Waals surface area contributed by atoms with Crippen molar-refractivity contribution in [2.45, 2.75) is 25.8 Å². The summed E-state index contributed by atoms with van der Waals surface area (Å²) in [6, 6.07) is 0.514. The van der Waals surface area contributed by atoms with E-state index in [0.29, 0.717) is 6.04 Å². The summed E-state index contributed by atoms with van der Waals surface area (Å²) < 4.78 is 5.35. The van der Waals surface area contributed by atoms with Crippen molar-refractivity contribution in [3.63, 3.8) is 0 Å². The van der Waals surface area contributed by atoms with Crippen LogP contribution < -0.4 is 5.32 Å². The SMILES string of the molecule is C=CCC(C)NCC1=CCCOC1. The van der Waals surface area contributed by atoms with Gasteiger partial charge in [0.2, 0.25) is 0 Å². The molecule has 0 radical (unpaired) electrons. The Bertz CT molecular complexity index is 187. The lowest BCUT2D eigenvalue weighted by molar-refractivity contribution is 0.148. The first-order valence-corrected chi connectivity index (χ1v) is 4.93. The zero-order valence-electron chi connectivity index (χ0n) is 8.38. The van der Waals surface area contributed by atoms with E-state index in [1.165, 1.54) is 5.57 Å².